The van der Waals surface area contributed by atoms with Gasteiger partial charge in [0, 0.05) is 111 Å². The average Bonchev–Trinajstić information content (AvgIpc) is 1.54. The van der Waals surface area contributed by atoms with Crippen LogP contribution in [0, 0.1) is 27.7 Å². The minimum absolute atomic E-state index is 0.122. The summed E-state index contributed by atoms with van der Waals surface area (Å²) in [4.78, 5) is 15.7. The highest BCUT2D eigenvalue weighted by Crippen LogP contribution is 2.68. The van der Waals surface area contributed by atoms with Gasteiger partial charge >= 0.3 is 35.5 Å². The molecule has 0 atom stereocenters. The van der Waals surface area contributed by atoms with Crippen LogP contribution < -0.4 is 9.80 Å². The molecule has 0 spiro atoms. The lowest BCUT2D eigenvalue weighted by molar-refractivity contribution is -0.254. The van der Waals surface area contributed by atoms with Crippen LogP contribution in [0.15, 0.2) is 109 Å². The molecule has 4 nitrogen and oxygen atoms in total. The fraction of sp³-hybridized carbons (Fsp3) is 0.361. The largest absolute Gasteiger partial charge is 0.380 e. The van der Waals surface area contributed by atoms with Gasteiger partial charge in [0.15, 0.2) is 0 Å². The van der Waals surface area contributed by atoms with Crippen LogP contribution in [0.1, 0.15) is 142 Å². The van der Waals surface area contributed by atoms with Crippen LogP contribution >= 0.6 is 45.3 Å². The van der Waals surface area contributed by atoms with E-state index in [1.807, 2.05) is 48.5 Å². The highest BCUT2D eigenvalue weighted by atomic mass is 32.1. The minimum Gasteiger partial charge on any atom is -0.372 e. The van der Waals surface area contributed by atoms with E-state index in [1.54, 1.807) is 48.6 Å². The molecule has 0 fully saturated rings. The first-order valence-electron chi connectivity index (χ1n) is 30.8. The molecule has 0 saturated carbocycles. The molecule has 6 aromatic heterocycles. The summed E-state index contributed by atoms with van der Waals surface area (Å²) in [7, 11) is 0. The Hall–Kier alpha value is -6.74. The maximum absolute atomic E-state index is 16.2. The molecule has 2 aliphatic rings. The molecule has 0 amide bonds. The Morgan fingerprint density at radius 2 is 0.663 bits per heavy atom. The zero-order valence-electron chi connectivity index (χ0n) is 52.1. The number of aromatic nitrogens is 2. The number of rotatable bonds is 25. The third-order valence-electron chi connectivity index (χ3n) is 17.0. The lowest BCUT2D eigenvalue weighted by Gasteiger charge is -2.25. The number of anilines is 2. The maximum atomic E-state index is 16.2. The maximum Gasteiger partial charge on any atom is 0.380 e. The second-order valence-corrected chi connectivity index (χ2v) is 28.5. The van der Waals surface area contributed by atoms with Gasteiger partial charge in [0.1, 0.15) is 0 Å². The van der Waals surface area contributed by atoms with Crippen molar-refractivity contribution < 1.29 is 52.7 Å². The molecule has 10 rings (SSSR count). The van der Waals surface area contributed by atoms with E-state index in [4.69, 9.17) is 0 Å². The van der Waals surface area contributed by atoms with E-state index in [0.29, 0.717) is 53.2 Å². The van der Waals surface area contributed by atoms with Gasteiger partial charge in [-0.2, -0.15) is 52.7 Å². The monoisotopic (exact) mass is 1350 g/mol. The Bertz CT molecular complexity index is 3810. The molecule has 0 bridgehead atoms. The smallest absolute Gasteiger partial charge is 0.372 e. The third kappa shape index (κ3) is 12.6. The van der Waals surface area contributed by atoms with Crippen molar-refractivity contribution in [3.63, 3.8) is 0 Å². The van der Waals surface area contributed by atoms with Crippen molar-refractivity contribution in [2.45, 2.75) is 142 Å². The molecule has 0 radical (unpaired) electrons. The van der Waals surface area contributed by atoms with E-state index in [-0.39, 0.29) is 30.6 Å². The number of hydrogen-bond acceptors (Lipinski definition) is 8. The molecule has 0 unspecified atom stereocenters. The SMILES string of the molecule is CCCCN(CCCC)c1ccc(-c2cc(C3=C(c4cc(/C=C/c5ccnc(-c6cc(/C=C/c7cc(C8=C(c9cc(-c%10ccc(N(CCCC)CCCC)cc%10)sc9C)C(F)(F)C(F)(F)C8(F)F)c(C)s7)ccn6)c5)sc4C)C(F)(F)C(F)(F)C3(F)F)c(C)s2)cc1. The first-order valence-corrected chi connectivity index (χ1v) is 34.1. The van der Waals surface area contributed by atoms with Crippen LogP contribution in [0.25, 0.3) is 78.9 Å². The molecule has 8 aromatic rings. The molecule has 6 heterocycles. The minimum atomic E-state index is -5.74. The first-order chi connectivity index (χ1) is 43.6. The van der Waals surface area contributed by atoms with Crippen molar-refractivity contribution in [1.82, 2.24) is 9.97 Å². The lowest BCUT2D eigenvalue weighted by atomic mass is 9.94. The fourth-order valence-electron chi connectivity index (χ4n) is 11.8. The van der Waals surface area contributed by atoms with Gasteiger partial charge in [0.05, 0.1) is 11.4 Å². The summed E-state index contributed by atoms with van der Waals surface area (Å²) in [6, 6.07) is 26.7. The van der Waals surface area contributed by atoms with Gasteiger partial charge in [-0.25, -0.2) is 0 Å². The first kappa shape index (κ1) is 68.1. The lowest BCUT2D eigenvalue weighted by Crippen LogP contribution is -2.48. The topological polar surface area (TPSA) is 32.3 Å². The number of alkyl halides is 12. The van der Waals surface area contributed by atoms with Gasteiger partial charge < -0.3 is 9.80 Å². The summed E-state index contributed by atoms with van der Waals surface area (Å²) in [5.41, 5.74) is -2.21. The van der Waals surface area contributed by atoms with Crippen molar-refractivity contribution in [3.8, 4) is 32.3 Å². The van der Waals surface area contributed by atoms with Crippen LogP contribution in [0.3, 0.4) is 0 Å². The molecule has 2 aromatic carbocycles. The Balaban J connectivity index is 0.897. The normalized spacial score (nSPS) is 17.1. The second-order valence-electron chi connectivity index (χ2n) is 23.4. The molecule has 0 aliphatic heterocycles. The molecule has 0 N–H and O–H groups in total. The van der Waals surface area contributed by atoms with Gasteiger partial charge in [0.25, 0.3) is 0 Å². The Morgan fingerprint density at radius 3 is 0.967 bits per heavy atom. The number of allylic oxidation sites excluding steroid dienone is 4. The van der Waals surface area contributed by atoms with Gasteiger partial charge in [-0.15, -0.1) is 45.3 Å². The summed E-state index contributed by atoms with van der Waals surface area (Å²) < 4.78 is 192. The molecule has 486 valence electrons. The van der Waals surface area contributed by atoms with E-state index in [2.05, 4.69) is 47.5 Å². The predicted octanol–water partition coefficient (Wildman–Crippen LogP) is 23.8. The van der Waals surface area contributed by atoms with Gasteiger partial charge in [0.2, 0.25) is 0 Å². The van der Waals surface area contributed by atoms with E-state index in [1.165, 1.54) is 64.4 Å². The predicted molar refractivity (Wildman–Crippen MR) is 360 cm³/mol. The number of hydrogen-bond donors (Lipinski definition) is 0. The second kappa shape index (κ2) is 26.9. The number of benzene rings is 2. The van der Waals surface area contributed by atoms with Crippen LogP contribution in [-0.2, 0) is 0 Å². The molecule has 0 saturated heterocycles. The van der Waals surface area contributed by atoms with Gasteiger partial charge in [-0.3, -0.25) is 9.97 Å². The van der Waals surface area contributed by atoms with Crippen molar-refractivity contribution >= 4 is 103 Å². The summed E-state index contributed by atoms with van der Waals surface area (Å²) >= 11 is 4.07. The zero-order valence-corrected chi connectivity index (χ0v) is 55.4. The van der Waals surface area contributed by atoms with Crippen LogP contribution in [-0.4, -0.2) is 71.7 Å². The number of pyridine rings is 2. The third-order valence-corrected chi connectivity index (χ3v) is 21.2. The van der Waals surface area contributed by atoms with E-state index >= 15 is 52.7 Å². The van der Waals surface area contributed by atoms with Crippen LogP contribution in [0.5, 0.6) is 0 Å². The van der Waals surface area contributed by atoms with E-state index < -0.39 is 69.0 Å². The van der Waals surface area contributed by atoms with Crippen LogP contribution in [0.2, 0.25) is 0 Å². The van der Waals surface area contributed by atoms with Crippen molar-refractivity contribution in [3.05, 3.63) is 172 Å². The summed E-state index contributed by atoms with van der Waals surface area (Å²) in [6.45, 7) is 17.6. The number of nitrogens with zero attached hydrogens (tertiary/aromatic N) is 4. The number of halogens is 12. The van der Waals surface area contributed by atoms with Gasteiger partial charge in [-0.1, -0.05) is 89.8 Å². The average molecular weight is 1350 g/mol. The Labute approximate surface area is 545 Å². The quantitative estimate of drug-likeness (QED) is 0.0534. The van der Waals surface area contributed by atoms with E-state index in [9.17, 15) is 0 Å². The van der Waals surface area contributed by atoms with Crippen LogP contribution in [0.4, 0.5) is 64.1 Å². The van der Waals surface area contributed by atoms with Gasteiger partial charge in [-0.05, 0) is 183 Å². The van der Waals surface area contributed by atoms with Crippen molar-refractivity contribution in [2.75, 3.05) is 36.0 Å². The fourth-order valence-corrected chi connectivity index (χ4v) is 15.8. The molecule has 92 heavy (non-hydrogen) atoms. The van der Waals surface area contributed by atoms with Crippen molar-refractivity contribution in [2.24, 2.45) is 0 Å². The number of unbranched alkanes of at least 4 members (excludes halogenated alkanes) is 4. The highest BCUT2D eigenvalue weighted by Gasteiger charge is 2.81. The molecule has 2 aliphatic carbocycles. The van der Waals surface area contributed by atoms with E-state index in [0.717, 1.165) is 134 Å². The summed E-state index contributed by atoms with van der Waals surface area (Å²) in [5, 5.41) is 0. The summed E-state index contributed by atoms with van der Waals surface area (Å²) in [6.07, 6.45) is 17.3. The van der Waals surface area contributed by atoms with Crippen molar-refractivity contribution in [1.29, 1.82) is 0 Å². The number of thiophene rings is 4. The zero-order chi connectivity index (χ0) is 66.3. The Kier molecular flexibility index (Phi) is 19.9. The standard InChI is InChI=1S/C72H70F12N4S4/c1-9-13-33-87(34-14-10-2)51-23-19-49(20-24-51)61-41-57(45(7)91-61)65-63(67(73,74)71(81,82)69(65,77)78)55-39-53(89-43(55)5)27-17-47-29-31-85-59(37-47)60-38-48(30-32-86-60)18-28-54-40-56(44(6)90-54)64-66(70(79,80)72(83,84)68(64,75)76)58-42-62(92-46(58)8)50-21-25-52(26-22-50)88(35-15-11-3)36-16-12-4/h17-32,37-42H,9-16,33-36H2,1-8H3/b27-17+,28-18+. The highest BCUT2D eigenvalue weighted by molar-refractivity contribution is 7.16. The Morgan fingerprint density at radius 1 is 0.370 bits per heavy atom. The molecular formula is C72H70F12N4S4. The molecular weight excluding hydrogens is 1280 g/mol. The molecule has 20 heteroatoms. The number of aryl methyl sites for hydroxylation is 4. The summed E-state index contributed by atoms with van der Waals surface area (Å²) in [5.74, 6) is -32.5.